The summed E-state index contributed by atoms with van der Waals surface area (Å²) in [6.07, 6.45) is 0.440. The van der Waals surface area contributed by atoms with E-state index in [4.69, 9.17) is 23.1 Å². The number of halogens is 2. The average Bonchev–Trinajstić information content (AvgIpc) is 3.14. The number of aromatic nitrogens is 6. The van der Waals surface area contributed by atoms with Gasteiger partial charge in [0.2, 0.25) is 23.8 Å². The van der Waals surface area contributed by atoms with Gasteiger partial charge in [-0.3, -0.25) is 9.80 Å². The van der Waals surface area contributed by atoms with E-state index in [1.807, 2.05) is 60.5 Å². The summed E-state index contributed by atoms with van der Waals surface area (Å²) in [5, 5.41) is 6.99. The van der Waals surface area contributed by atoms with Gasteiger partial charge in [0.1, 0.15) is 17.5 Å². The molecule has 0 spiro atoms. The highest BCUT2D eigenvalue weighted by molar-refractivity contribution is 6.30. The number of piperazine rings is 1. The van der Waals surface area contributed by atoms with Gasteiger partial charge in [0.25, 0.3) is 0 Å². The fourth-order valence-corrected chi connectivity index (χ4v) is 6.60. The third-order valence-electron chi connectivity index (χ3n) is 9.19. The minimum absolute atomic E-state index is 0.105. The van der Waals surface area contributed by atoms with Gasteiger partial charge in [-0.25, -0.2) is 4.39 Å². The first kappa shape index (κ1) is 37.4. The molecule has 282 valence electrons. The average molecular weight is 760 g/mol. The number of hydrogen-bond donors (Lipinski definition) is 4. The van der Waals surface area contributed by atoms with Crippen LogP contribution < -0.4 is 27.0 Å². The molecule has 13 nitrogen and oxygen atoms in total. The maximum absolute atomic E-state index is 15.3. The van der Waals surface area contributed by atoms with Gasteiger partial charge in [-0.05, 0) is 90.8 Å². The van der Waals surface area contributed by atoms with E-state index in [2.05, 4.69) is 81.5 Å². The van der Waals surface area contributed by atoms with Crippen LogP contribution in [0.3, 0.4) is 0 Å². The summed E-state index contributed by atoms with van der Waals surface area (Å²) in [4.78, 5) is 33.0. The Morgan fingerprint density at radius 1 is 0.709 bits per heavy atom. The van der Waals surface area contributed by atoms with Crippen LogP contribution in [0.5, 0.6) is 0 Å². The first-order valence-corrected chi connectivity index (χ1v) is 18.4. The van der Waals surface area contributed by atoms with E-state index >= 15 is 4.39 Å². The molecule has 1 aliphatic heterocycles. The van der Waals surface area contributed by atoms with E-state index in [1.165, 1.54) is 11.3 Å². The molecule has 0 aliphatic carbocycles. The van der Waals surface area contributed by atoms with Crippen molar-refractivity contribution in [1.29, 1.82) is 0 Å². The Labute approximate surface area is 324 Å². The third kappa shape index (κ3) is 10.4. The number of benzene rings is 4. The van der Waals surface area contributed by atoms with E-state index in [0.717, 1.165) is 48.7 Å². The van der Waals surface area contributed by atoms with Gasteiger partial charge in [0.15, 0.2) is 0 Å². The van der Waals surface area contributed by atoms with Crippen LogP contribution in [0.2, 0.25) is 5.02 Å². The smallest absolute Gasteiger partial charge is 0.232 e. The second-order valence-electron chi connectivity index (χ2n) is 13.7. The molecule has 2 aromatic heterocycles. The van der Waals surface area contributed by atoms with Crippen molar-refractivity contribution in [2.45, 2.75) is 33.0 Å². The van der Waals surface area contributed by atoms with E-state index in [0.29, 0.717) is 60.2 Å². The van der Waals surface area contributed by atoms with Gasteiger partial charge < -0.3 is 27.0 Å². The van der Waals surface area contributed by atoms with E-state index in [1.54, 1.807) is 18.2 Å². The first-order valence-electron chi connectivity index (χ1n) is 18.0. The van der Waals surface area contributed by atoms with Crippen molar-refractivity contribution >= 4 is 52.5 Å². The molecule has 0 atom stereocenters. The first-order chi connectivity index (χ1) is 26.6. The molecule has 0 bridgehead atoms. The van der Waals surface area contributed by atoms with Crippen molar-refractivity contribution in [1.82, 2.24) is 39.7 Å². The normalized spacial score (nSPS) is 13.3. The van der Waals surface area contributed by atoms with Crippen molar-refractivity contribution in [3.05, 3.63) is 136 Å². The zero-order valence-corrected chi connectivity index (χ0v) is 31.5. The largest absolute Gasteiger partial charge is 0.369 e. The highest BCUT2D eigenvalue weighted by Crippen LogP contribution is 2.22. The van der Waals surface area contributed by atoms with Crippen molar-refractivity contribution < 1.29 is 4.39 Å². The van der Waals surface area contributed by atoms with Gasteiger partial charge in [0.05, 0.1) is 13.1 Å². The molecule has 15 heteroatoms. The van der Waals surface area contributed by atoms with Crippen molar-refractivity contribution in [3.63, 3.8) is 0 Å². The molecular weight excluding hydrogens is 717 g/mol. The second-order valence-corrected chi connectivity index (χ2v) is 14.1. The Morgan fingerprint density at radius 3 is 1.98 bits per heavy atom. The number of nitrogens with one attached hydrogen (secondary N) is 2. The quantitative estimate of drug-likeness (QED) is 0.103. The van der Waals surface area contributed by atoms with Crippen molar-refractivity contribution in [2.24, 2.45) is 0 Å². The maximum atomic E-state index is 15.3. The SMILES string of the molecule is Cc1cccc(N2CCN(Cc3nc(N)nc(Nc4ccc(Cc5ccc(CN(C)Cc6nc(N)nc(Nc7ccc(Cl)cc7)n6)cc5F)cc4)n3)CC2)c1. The predicted molar refractivity (Wildman–Crippen MR) is 216 cm³/mol. The summed E-state index contributed by atoms with van der Waals surface area (Å²) in [5.74, 6) is 1.83. The van der Waals surface area contributed by atoms with Crippen LogP contribution >= 0.6 is 11.6 Å². The summed E-state index contributed by atoms with van der Waals surface area (Å²) < 4.78 is 15.3. The minimum atomic E-state index is -0.267. The van der Waals surface area contributed by atoms with E-state index in [-0.39, 0.29) is 17.7 Å². The lowest BCUT2D eigenvalue weighted by molar-refractivity contribution is 0.244. The number of nitrogen functional groups attached to an aromatic ring is 2. The van der Waals surface area contributed by atoms with Crippen LogP contribution in [0.4, 0.5) is 45.2 Å². The zero-order valence-electron chi connectivity index (χ0n) is 30.8. The van der Waals surface area contributed by atoms with Crippen molar-refractivity contribution in [2.75, 3.05) is 60.2 Å². The van der Waals surface area contributed by atoms with E-state index < -0.39 is 0 Å². The summed E-state index contributed by atoms with van der Waals surface area (Å²) in [6.45, 7) is 7.22. The van der Waals surface area contributed by atoms with Crippen LogP contribution in [-0.2, 0) is 26.1 Å². The number of aryl methyl sites for hydroxylation is 1. The number of rotatable bonds is 13. The molecule has 3 heterocycles. The molecule has 1 aliphatic rings. The molecule has 0 amide bonds. The summed E-state index contributed by atoms with van der Waals surface area (Å²) >= 11 is 5.98. The highest BCUT2D eigenvalue weighted by Gasteiger charge is 2.19. The Kier molecular flexibility index (Phi) is 11.6. The van der Waals surface area contributed by atoms with Crippen LogP contribution in [0.25, 0.3) is 0 Å². The summed E-state index contributed by atoms with van der Waals surface area (Å²) in [6, 6.07) is 28.9. The van der Waals surface area contributed by atoms with Gasteiger partial charge >= 0.3 is 0 Å². The number of hydrogen-bond acceptors (Lipinski definition) is 13. The molecule has 0 unspecified atom stereocenters. The fraction of sp³-hybridized carbons (Fsp3) is 0.250. The summed E-state index contributed by atoms with van der Waals surface area (Å²) in [5.41, 5.74) is 18.5. The fourth-order valence-electron chi connectivity index (χ4n) is 6.48. The lowest BCUT2D eigenvalue weighted by Gasteiger charge is -2.35. The molecule has 6 aromatic rings. The molecule has 1 saturated heterocycles. The monoisotopic (exact) mass is 759 g/mol. The molecule has 55 heavy (non-hydrogen) atoms. The zero-order chi connectivity index (χ0) is 38.3. The van der Waals surface area contributed by atoms with Gasteiger partial charge in [0, 0.05) is 61.2 Å². The molecule has 1 fully saturated rings. The van der Waals surface area contributed by atoms with Crippen LogP contribution in [0.1, 0.15) is 33.9 Å². The van der Waals surface area contributed by atoms with Gasteiger partial charge in [-0.2, -0.15) is 29.9 Å². The Morgan fingerprint density at radius 2 is 1.33 bits per heavy atom. The Balaban J connectivity index is 0.904. The Bertz CT molecular complexity index is 2230. The number of anilines is 7. The lowest BCUT2D eigenvalue weighted by Crippen LogP contribution is -2.46. The van der Waals surface area contributed by atoms with Crippen molar-refractivity contribution in [3.8, 4) is 0 Å². The number of nitrogens with zero attached hydrogens (tertiary/aromatic N) is 9. The third-order valence-corrected chi connectivity index (χ3v) is 9.44. The topological polar surface area (TPSA) is 163 Å². The van der Waals surface area contributed by atoms with Crippen LogP contribution in [0.15, 0.2) is 91.0 Å². The molecule has 0 radical (unpaired) electrons. The minimum Gasteiger partial charge on any atom is -0.369 e. The Hall–Kier alpha value is -5.96. The molecule has 7 rings (SSSR count). The molecule has 0 saturated carbocycles. The van der Waals surface area contributed by atoms with Gasteiger partial charge in [-0.1, -0.05) is 48.0 Å². The lowest BCUT2D eigenvalue weighted by atomic mass is 10.0. The van der Waals surface area contributed by atoms with Crippen LogP contribution in [0, 0.1) is 12.7 Å². The van der Waals surface area contributed by atoms with Gasteiger partial charge in [-0.15, -0.1) is 0 Å². The number of nitrogens with two attached hydrogens (primary N) is 2. The van der Waals surface area contributed by atoms with Crippen LogP contribution in [-0.4, -0.2) is 72.9 Å². The molecule has 6 N–H and O–H groups in total. The highest BCUT2D eigenvalue weighted by atomic mass is 35.5. The summed E-state index contributed by atoms with van der Waals surface area (Å²) in [7, 11) is 1.91. The van der Waals surface area contributed by atoms with E-state index in [9.17, 15) is 0 Å². The maximum Gasteiger partial charge on any atom is 0.232 e. The standard InChI is InChI=1S/C40H43ClFN13/c1-26-4-3-5-33(20-26)55-18-16-54(17-19-55)25-36-48-38(44)52-40(50-36)45-31-12-7-27(8-13-31)21-29-9-6-28(22-34(29)42)23-53(2)24-35-47-37(43)51-39(49-35)46-32-14-10-30(41)11-15-32/h3-15,20,22H,16-19,21,23-25H2,1-2H3,(H3,43,46,47,49,51)(H3,44,45,48,50,52). The predicted octanol–water partition coefficient (Wildman–Crippen LogP) is 6.35. The molecular formula is C40H43ClFN13. The second kappa shape index (κ2) is 17.0. The molecule has 4 aromatic carbocycles.